The highest BCUT2D eigenvalue weighted by Crippen LogP contribution is 2.25. The van der Waals surface area contributed by atoms with Gasteiger partial charge in [-0.15, -0.1) is 11.3 Å². The van der Waals surface area contributed by atoms with Crippen molar-refractivity contribution in [2.24, 2.45) is 0 Å². The number of thiophene rings is 1. The summed E-state index contributed by atoms with van der Waals surface area (Å²) < 4.78 is 28.0. The molecule has 1 aromatic carbocycles. The van der Waals surface area contributed by atoms with E-state index in [2.05, 4.69) is 14.7 Å². The van der Waals surface area contributed by atoms with Gasteiger partial charge in [0.15, 0.2) is 11.3 Å². The molecular weight excluding hydrogens is 396 g/mol. The van der Waals surface area contributed by atoms with E-state index in [1.54, 1.807) is 54.2 Å². The van der Waals surface area contributed by atoms with Crippen LogP contribution in [0.1, 0.15) is 22.3 Å². The van der Waals surface area contributed by atoms with Crippen molar-refractivity contribution in [2.75, 3.05) is 10.5 Å². The molecule has 0 spiro atoms. The maximum Gasteiger partial charge on any atom is 0.232 e. The molecule has 7 nitrogen and oxygen atoms in total. The third-order valence-corrected chi connectivity index (χ3v) is 6.38. The van der Waals surface area contributed by atoms with Crippen molar-refractivity contribution in [1.29, 1.82) is 0 Å². The molecule has 0 saturated heterocycles. The van der Waals surface area contributed by atoms with Crippen LogP contribution in [0.25, 0.3) is 16.9 Å². The highest BCUT2D eigenvalue weighted by Gasteiger charge is 2.19. The number of anilines is 1. The van der Waals surface area contributed by atoms with Crippen molar-refractivity contribution >= 4 is 38.5 Å². The van der Waals surface area contributed by atoms with Crippen LogP contribution in [-0.4, -0.2) is 34.3 Å². The van der Waals surface area contributed by atoms with Crippen molar-refractivity contribution in [1.82, 2.24) is 14.4 Å². The van der Waals surface area contributed by atoms with E-state index in [0.29, 0.717) is 16.2 Å². The summed E-state index contributed by atoms with van der Waals surface area (Å²) in [6.45, 7) is 1.58. The Hall–Kier alpha value is -3.04. The number of ketones is 1. The Kier molecular flexibility index (Phi) is 4.70. The second-order valence-electron chi connectivity index (χ2n) is 6.01. The van der Waals surface area contributed by atoms with Crippen molar-refractivity contribution in [3.8, 4) is 11.3 Å². The lowest BCUT2D eigenvalue weighted by molar-refractivity contribution is 0.103. The Morgan fingerprint density at radius 2 is 2.04 bits per heavy atom. The zero-order chi connectivity index (χ0) is 19.7. The second-order valence-corrected chi connectivity index (χ2v) is 8.97. The Morgan fingerprint density at radius 1 is 1.18 bits per heavy atom. The summed E-state index contributed by atoms with van der Waals surface area (Å²) in [4.78, 5) is 21.9. The van der Waals surface area contributed by atoms with Crippen molar-refractivity contribution in [3.63, 3.8) is 0 Å². The molecule has 0 unspecified atom stereocenters. The van der Waals surface area contributed by atoms with Crippen LogP contribution in [0.4, 0.5) is 5.69 Å². The summed E-state index contributed by atoms with van der Waals surface area (Å²) in [7, 11) is -3.37. The number of hydrogen-bond donors (Lipinski definition) is 1. The van der Waals surface area contributed by atoms with Gasteiger partial charge in [0.25, 0.3) is 0 Å². The molecule has 3 aromatic heterocycles. The number of imidazole rings is 1. The highest BCUT2D eigenvalue weighted by molar-refractivity contribution is 7.92. The monoisotopic (exact) mass is 412 g/mol. The van der Waals surface area contributed by atoms with Gasteiger partial charge in [0.1, 0.15) is 6.33 Å². The number of rotatable bonds is 6. The maximum absolute atomic E-state index is 12.7. The average Bonchev–Trinajstić information content (AvgIpc) is 3.37. The van der Waals surface area contributed by atoms with E-state index in [1.165, 1.54) is 11.3 Å². The number of carbonyl (C=O) groups excluding carboxylic acids is 1. The Morgan fingerprint density at radius 3 is 2.79 bits per heavy atom. The first-order chi connectivity index (χ1) is 13.5. The van der Waals surface area contributed by atoms with E-state index in [9.17, 15) is 13.2 Å². The van der Waals surface area contributed by atoms with E-state index in [0.717, 1.165) is 11.3 Å². The number of aromatic nitrogens is 3. The van der Waals surface area contributed by atoms with Crippen LogP contribution < -0.4 is 4.72 Å². The van der Waals surface area contributed by atoms with Crippen LogP contribution in [0.5, 0.6) is 0 Å². The lowest BCUT2D eigenvalue weighted by atomic mass is 10.1. The van der Waals surface area contributed by atoms with E-state index in [1.807, 2.05) is 17.5 Å². The SMILES string of the molecule is CCS(=O)(=O)Nc1cccc(-c2ccnc3c(C(=O)c4cccs4)ncn23)c1. The molecule has 0 bridgehead atoms. The number of carbonyl (C=O) groups is 1. The van der Waals surface area contributed by atoms with Crippen LogP contribution in [0.15, 0.2) is 60.4 Å². The Bertz CT molecular complexity index is 1260. The fraction of sp³-hybridized carbons (Fsp3) is 0.105. The molecule has 0 aliphatic carbocycles. The van der Waals surface area contributed by atoms with Crippen LogP contribution in [0.2, 0.25) is 0 Å². The second kappa shape index (κ2) is 7.17. The van der Waals surface area contributed by atoms with Gasteiger partial charge >= 0.3 is 0 Å². The number of benzene rings is 1. The van der Waals surface area contributed by atoms with Crippen LogP contribution in [-0.2, 0) is 10.0 Å². The topological polar surface area (TPSA) is 93.4 Å². The van der Waals surface area contributed by atoms with Gasteiger partial charge < -0.3 is 0 Å². The molecule has 1 N–H and O–H groups in total. The van der Waals surface area contributed by atoms with Gasteiger partial charge in [-0.3, -0.25) is 13.9 Å². The quantitative estimate of drug-likeness (QED) is 0.490. The predicted molar refractivity (Wildman–Crippen MR) is 109 cm³/mol. The molecule has 9 heteroatoms. The molecular formula is C19H16N4O3S2. The molecule has 0 aliphatic rings. The molecule has 3 heterocycles. The molecule has 0 fully saturated rings. The standard InChI is InChI=1S/C19H16N4O3S2/c1-2-28(25,26)22-14-6-3-5-13(11-14)15-8-9-20-19-17(21-12-23(15)19)18(24)16-7-4-10-27-16/h3-12,22H,2H2,1H3. The molecule has 4 rings (SSSR count). The van der Waals surface area contributed by atoms with E-state index < -0.39 is 10.0 Å². The van der Waals surface area contributed by atoms with Crippen molar-refractivity contribution in [3.05, 3.63) is 70.9 Å². The molecule has 0 aliphatic heterocycles. The Labute approximate surface area is 165 Å². The molecule has 0 radical (unpaired) electrons. The maximum atomic E-state index is 12.7. The first-order valence-corrected chi connectivity index (χ1v) is 11.0. The number of nitrogens with one attached hydrogen (secondary N) is 1. The summed E-state index contributed by atoms with van der Waals surface area (Å²) >= 11 is 1.36. The lowest BCUT2D eigenvalue weighted by Gasteiger charge is -2.09. The molecule has 0 saturated carbocycles. The summed E-state index contributed by atoms with van der Waals surface area (Å²) in [5, 5.41) is 1.84. The molecule has 0 amide bonds. The zero-order valence-corrected chi connectivity index (χ0v) is 16.5. The number of sulfonamides is 1. The van der Waals surface area contributed by atoms with Crippen molar-refractivity contribution in [2.45, 2.75) is 6.92 Å². The van der Waals surface area contributed by atoms with Gasteiger partial charge in [0.05, 0.1) is 16.3 Å². The van der Waals surface area contributed by atoms with Gasteiger partial charge in [0, 0.05) is 17.4 Å². The number of nitrogens with zero attached hydrogens (tertiary/aromatic N) is 3. The van der Waals surface area contributed by atoms with E-state index in [4.69, 9.17) is 0 Å². The highest BCUT2D eigenvalue weighted by atomic mass is 32.2. The zero-order valence-electron chi connectivity index (χ0n) is 14.9. The fourth-order valence-electron chi connectivity index (χ4n) is 2.81. The summed E-state index contributed by atoms with van der Waals surface area (Å²) in [5.41, 5.74) is 2.73. The summed E-state index contributed by atoms with van der Waals surface area (Å²) in [5.74, 6) is -0.182. The average molecular weight is 412 g/mol. The number of hydrogen-bond acceptors (Lipinski definition) is 6. The van der Waals surface area contributed by atoms with Crippen LogP contribution >= 0.6 is 11.3 Å². The molecule has 142 valence electrons. The first-order valence-electron chi connectivity index (χ1n) is 8.49. The molecule has 4 aromatic rings. The van der Waals surface area contributed by atoms with Gasteiger partial charge in [-0.05, 0) is 36.6 Å². The summed E-state index contributed by atoms with van der Waals surface area (Å²) in [6.07, 6.45) is 3.17. The minimum absolute atomic E-state index is 0.00750. The van der Waals surface area contributed by atoms with Crippen LogP contribution in [0.3, 0.4) is 0 Å². The largest absolute Gasteiger partial charge is 0.286 e. The van der Waals surface area contributed by atoms with E-state index in [-0.39, 0.29) is 17.2 Å². The third-order valence-electron chi connectivity index (χ3n) is 4.20. The van der Waals surface area contributed by atoms with Crippen LogP contribution in [0, 0.1) is 0 Å². The predicted octanol–water partition coefficient (Wildman–Crippen LogP) is 3.45. The van der Waals surface area contributed by atoms with Gasteiger partial charge in [-0.25, -0.2) is 18.4 Å². The normalized spacial score (nSPS) is 11.6. The van der Waals surface area contributed by atoms with Gasteiger partial charge in [-0.1, -0.05) is 18.2 Å². The molecule has 28 heavy (non-hydrogen) atoms. The minimum Gasteiger partial charge on any atom is -0.286 e. The molecule has 0 atom stereocenters. The fourth-order valence-corrected chi connectivity index (χ4v) is 4.11. The lowest BCUT2D eigenvalue weighted by Crippen LogP contribution is -2.14. The minimum atomic E-state index is -3.37. The van der Waals surface area contributed by atoms with Gasteiger partial charge in [0.2, 0.25) is 15.8 Å². The van der Waals surface area contributed by atoms with E-state index >= 15 is 0 Å². The van der Waals surface area contributed by atoms with Crippen molar-refractivity contribution < 1.29 is 13.2 Å². The first kappa shape index (κ1) is 18.3. The Balaban J connectivity index is 1.78. The smallest absolute Gasteiger partial charge is 0.232 e. The summed E-state index contributed by atoms with van der Waals surface area (Å²) in [6, 6.07) is 12.4. The number of fused-ring (bicyclic) bond motifs is 1. The third kappa shape index (κ3) is 3.41. The van der Waals surface area contributed by atoms with Gasteiger partial charge in [-0.2, -0.15) is 0 Å².